The second-order valence-electron chi connectivity index (χ2n) is 6.05. The first-order valence-electron chi connectivity index (χ1n) is 8.04. The fraction of sp³-hybridized carbons (Fsp3) is 0.600. The quantitative estimate of drug-likeness (QED) is 0.765. The molecule has 3 aliphatic rings. The van der Waals surface area contributed by atoms with Crippen LogP contribution >= 0.6 is 0 Å². The average molecular weight is 334 g/mol. The highest BCUT2D eigenvalue weighted by Gasteiger charge is 2.63. The lowest BCUT2D eigenvalue weighted by atomic mass is 10.1. The van der Waals surface area contributed by atoms with Gasteiger partial charge in [0.15, 0.2) is 17.1 Å². The molecule has 0 aromatic carbocycles. The van der Waals surface area contributed by atoms with E-state index in [4.69, 9.17) is 9.47 Å². The molecule has 0 bridgehead atoms. The van der Waals surface area contributed by atoms with Gasteiger partial charge in [-0.1, -0.05) is 0 Å². The maximum atomic E-state index is 12.9. The van der Waals surface area contributed by atoms with Crippen LogP contribution in [0.15, 0.2) is 6.33 Å². The lowest BCUT2D eigenvalue weighted by molar-refractivity contribution is -0.136. The highest BCUT2D eigenvalue weighted by molar-refractivity contribution is 6.03. The Morgan fingerprint density at radius 2 is 2.33 bits per heavy atom. The molecule has 0 unspecified atom stereocenters. The van der Waals surface area contributed by atoms with Crippen molar-refractivity contribution in [1.82, 2.24) is 19.8 Å². The summed E-state index contributed by atoms with van der Waals surface area (Å²) in [6.07, 6.45) is 2.11. The standard InChI is InChI=1S/C15H18N4O5/c1-2-23-14(22)12-11(16-8-17-12)13(21)18-4-3-15-9(18)7-10(20)19(15)5-6-24-15/h8-9H,2-7H2,1H3,(H,16,17)/t9-,15+/m1/s1. The number of ether oxygens (including phenoxy) is 2. The number of H-pyrrole nitrogens is 1. The van der Waals surface area contributed by atoms with E-state index in [1.54, 1.807) is 16.7 Å². The maximum absolute atomic E-state index is 12.9. The van der Waals surface area contributed by atoms with Crippen molar-refractivity contribution in [1.29, 1.82) is 0 Å². The summed E-state index contributed by atoms with van der Waals surface area (Å²) in [6.45, 7) is 3.41. The number of aromatic amines is 1. The molecule has 0 saturated carbocycles. The van der Waals surface area contributed by atoms with Crippen molar-refractivity contribution in [2.24, 2.45) is 0 Å². The minimum atomic E-state index is -0.701. The Balaban J connectivity index is 1.62. The fourth-order valence-electron chi connectivity index (χ4n) is 3.99. The number of hydrogen-bond acceptors (Lipinski definition) is 6. The molecular formula is C15H18N4O5. The first kappa shape index (κ1) is 15.1. The maximum Gasteiger partial charge on any atom is 0.357 e. The number of rotatable bonds is 3. The van der Waals surface area contributed by atoms with Crippen LogP contribution in [-0.4, -0.2) is 75.6 Å². The van der Waals surface area contributed by atoms with E-state index in [0.717, 1.165) is 0 Å². The van der Waals surface area contributed by atoms with Gasteiger partial charge in [0.1, 0.15) is 0 Å². The smallest absolute Gasteiger partial charge is 0.357 e. The Labute approximate surface area is 137 Å². The van der Waals surface area contributed by atoms with E-state index in [2.05, 4.69) is 9.97 Å². The predicted octanol–water partition coefficient (Wildman–Crippen LogP) is -0.240. The zero-order valence-electron chi connectivity index (χ0n) is 13.3. The van der Waals surface area contributed by atoms with Crippen molar-refractivity contribution < 1.29 is 23.9 Å². The third-order valence-electron chi connectivity index (χ3n) is 4.98. The van der Waals surface area contributed by atoms with Crippen LogP contribution in [0.4, 0.5) is 0 Å². The number of imidazole rings is 1. The number of amides is 2. The monoisotopic (exact) mass is 334 g/mol. The van der Waals surface area contributed by atoms with E-state index < -0.39 is 11.7 Å². The molecule has 3 aliphatic heterocycles. The van der Waals surface area contributed by atoms with Gasteiger partial charge in [-0.25, -0.2) is 9.78 Å². The molecule has 2 atom stereocenters. The highest BCUT2D eigenvalue weighted by Crippen LogP contribution is 2.45. The van der Waals surface area contributed by atoms with Gasteiger partial charge < -0.3 is 24.3 Å². The second kappa shape index (κ2) is 5.30. The van der Waals surface area contributed by atoms with E-state index in [-0.39, 0.29) is 42.3 Å². The summed E-state index contributed by atoms with van der Waals surface area (Å²) in [5, 5.41) is 0. The summed E-state index contributed by atoms with van der Waals surface area (Å²) in [7, 11) is 0. The normalized spacial score (nSPS) is 28.2. The Hall–Kier alpha value is -2.42. The summed E-state index contributed by atoms with van der Waals surface area (Å²) in [4.78, 5) is 47.1. The summed E-state index contributed by atoms with van der Waals surface area (Å²) in [5.41, 5.74) is -0.640. The number of esters is 1. The molecule has 9 nitrogen and oxygen atoms in total. The van der Waals surface area contributed by atoms with Gasteiger partial charge in [-0.05, 0) is 6.92 Å². The van der Waals surface area contributed by atoms with Crippen molar-refractivity contribution >= 4 is 17.8 Å². The number of carbonyl (C=O) groups is 3. The van der Waals surface area contributed by atoms with Crippen LogP contribution in [0.5, 0.6) is 0 Å². The van der Waals surface area contributed by atoms with Crippen LogP contribution in [0, 0.1) is 0 Å². The summed E-state index contributed by atoms with van der Waals surface area (Å²) in [6, 6.07) is -0.341. The van der Waals surface area contributed by atoms with E-state index in [1.807, 2.05) is 0 Å². The first-order chi connectivity index (χ1) is 11.6. The first-order valence-corrected chi connectivity index (χ1v) is 8.04. The SMILES string of the molecule is CCOC(=O)c1[nH]cnc1C(=O)N1CC[C@@]23OCCN2C(=O)C[C@@H]13. The van der Waals surface area contributed by atoms with Crippen LogP contribution in [-0.2, 0) is 14.3 Å². The third kappa shape index (κ3) is 1.90. The molecule has 1 spiro atoms. The fourth-order valence-corrected chi connectivity index (χ4v) is 3.99. The van der Waals surface area contributed by atoms with Gasteiger partial charge in [-0.15, -0.1) is 0 Å². The zero-order chi connectivity index (χ0) is 16.9. The van der Waals surface area contributed by atoms with E-state index in [9.17, 15) is 14.4 Å². The number of carbonyl (C=O) groups excluding carboxylic acids is 3. The molecule has 3 fully saturated rings. The minimum absolute atomic E-state index is 0.00245. The van der Waals surface area contributed by atoms with E-state index >= 15 is 0 Å². The molecule has 9 heteroatoms. The number of nitrogens with zero attached hydrogens (tertiary/aromatic N) is 3. The predicted molar refractivity (Wildman–Crippen MR) is 79.0 cm³/mol. The van der Waals surface area contributed by atoms with Gasteiger partial charge in [0.2, 0.25) is 5.91 Å². The lowest BCUT2D eigenvalue weighted by Gasteiger charge is -2.31. The molecule has 2 amide bonds. The van der Waals surface area contributed by atoms with Crippen molar-refractivity contribution in [3.8, 4) is 0 Å². The number of nitrogens with one attached hydrogen (secondary N) is 1. The molecule has 4 heterocycles. The van der Waals surface area contributed by atoms with Crippen molar-refractivity contribution in [3.63, 3.8) is 0 Å². The van der Waals surface area contributed by atoms with Gasteiger partial charge >= 0.3 is 5.97 Å². The van der Waals surface area contributed by atoms with Crippen molar-refractivity contribution in [2.45, 2.75) is 31.5 Å². The van der Waals surface area contributed by atoms with Crippen LogP contribution in [0.1, 0.15) is 40.7 Å². The van der Waals surface area contributed by atoms with Crippen molar-refractivity contribution in [3.05, 3.63) is 17.7 Å². The number of likely N-dealkylation sites (tertiary alicyclic amines) is 1. The highest BCUT2D eigenvalue weighted by atomic mass is 16.5. The number of aromatic nitrogens is 2. The van der Waals surface area contributed by atoms with Crippen molar-refractivity contribution in [2.75, 3.05) is 26.3 Å². The summed E-state index contributed by atoms with van der Waals surface area (Å²) >= 11 is 0. The van der Waals surface area contributed by atoms with Gasteiger partial charge in [-0.3, -0.25) is 9.59 Å². The largest absolute Gasteiger partial charge is 0.461 e. The Morgan fingerprint density at radius 3 is 3.12 bits per heavy atom. The molecule has 3 saturated heterocycles. The third-order valence-corrected chi connectivity index (χ3v) is 4.98. The molecule has 24 heavy (non-hydrogen) atoms. The zero-order valence-corrected chi connectivity index (χ0v) is 13.3. The van der Waals surface area contributed by atoms with Crippen LogP contribution < -0.4 is 0 Å². The summed E-state index contributed by atoms with van der Waals surface area (Å²) in [5.74, 6) is -0.998. The van der Waals surface area contributed by atoms with Gasteiger partial charge in [0.25, 0.3) is 5.91 Å². The average Bonchev–Trinajstić information content (AvgIpc) is 3.29. The molecule has 1 aromatic heterocycles. The molecule has 4 rings (SSSR count). The van der Waals surface area contributed by atoms with Gasteiger partial charge in [0, 0.05) is 19.5 Å². The Bertz CT molecular complexity index is 716. The molecule has 1 aromatic rings. The second-order valence-corrected chi connectivity index (χ2v) is 6.05. The minimum Gasteiger partial charge on any atom is -0.461 e. The van der Waals surface area contributed by atoms with Crippen LogP contribution in [0.25, 0.3) is 0 Å². The molecular weight excluding hydrogens is 316 g/mol. The van der Waals surface area contributed by atoms with Crippen LogP contribution in [0.3, 0.4) is 0 Å². The molecule has 128 valence electrons. The Morgan fingerprint density at radius 1 is 1.50 bits per heavy atom. The van der Waals surface area contributed by atoms with Crippen LogP contribution in [0.2, 0.25) is 0 Å². The van der Waals surface area contributed by atoms with Gasteiger partial charge in [0.05, 0.1) is 32.0 Å². The number of hydrogen-bond donors (Lipinski definition) is 1. The molecule has 0 aliphatic carbocycles. The Kier molecular flexibility index (Phi) is 3.34. The molecule has 1 N–H and O–H groups in total. The van der Waals surface area contributed by atoms with Gasteiger partial charge in [-0.2, -0.15) is 0 Å². The topological polar surface area (TPSA) is 105 Å². The van der Waals surface area contributed by atoms with E-state index in [0.29, 0.717) is 26.1 Å². The summed E-state index contributed by atoms with van der Waals surface area (Å²) < 4.78 is 10.8. The van der Waals surface area contributed by atoms with E-state index in [1.165, 1.54) is 6.33 Å². The molecule has 0 radical (unpaired) electrons. The lowest BCUT2D eigenvalue weighted by Crippen LogP contribution is -2.49.